The van der Waals surface area contributed by atoms with Gasteiger partial charge in [0.2, 0.25) is 0 Å². The quantitative estimate of drug-likeness (QED) is 0.309. The van der Waals surface area contributed by atoms with Crippen LogP contribution >= 0.6 is 0 Å². The summed E-state index contributed by atoms with van der Waals surface area (Å²) in [7, 11) is -2.09. The highest BCUT2D eigenvalue weighted by Gasteiger charge is 2.04. The zero-order chi connectivity index (χ0) is 15.1. The van der Waals surface area contributed by atoms with Gasteiger partial charge in [-0.2, -0.15) is 8.42 Å². The minimum Gasteiger partial charge on any atom is -0.497 e. The van der Waals surface area contributed by atoms with E-state index in [1.165, 1.54) is 0 Å². The van der Waals surface area contributed by atoms with E-state index in [1.807, 2.05) is 18.2 Å². The van der Waals surface area contributed by atoms with E-state index in [1.54, 1.807) is 13.2 Å². The van der Waals surface area contributed by atoms with E-state index in [2.05, 4.69) is 0 Å². The van der Waals surface area contributed by atoms with Crippen molar-refractivity contribution in [3.63, 3.8) is 0 Å². The lowest BCUT2D eigenvalue weighted by molar-refractivity contribution is 0.206. The molecule has 0 radical (unpaired) electrons. The number of nitrogens with zero attached hydrogens (tertiary/aromatic N) is 1. The first kappa shape index (κ1) is 17.2. The summed E-state index contributed by atoms with van der Waals surface area (Å²) in [6.45, 7) is 0.270. The van der Waals surface area contributed by atoms with E-state index in [0.29, 0.717) is 6.26 Å². The lowest BCUT2D eigenvalue weighted by Gasteiger charge is -2.13. The van der Waals surface area contributed by atoms with Gasteiger partial charge in [0.25, 0.3) is 10.1 Å². The van der Waals surface area contributed by atoms with Gasteiger partial charge in [0.05, 0.1) is 19.9 Å². The topological polar surface area (TPSA) is 136 Å². The first-order valence-corrected chi connectivity index (χ1v) is 6.85. The highest BCUT2D eigenvalue weighted by Crippen LogP contribution is 2.13. The van der Waals surface area contributed by atoms with Crippen molar-refractivity contribution in [2.45, 2.75) is 6.54 Å². The van der Waals surface area contributed by atoms with E-state index in [-0.39, 0.29) is 6.54 Å². The van der Waals surface area contributed by atoms with Crippen molar-refractivity contribution >= 4 is 16.1 Å². The first-order valence-electron chi connectivity index (χ1n) is 5.00. The summed E-state index contributed by atoms with van der Waals surface area (Å²) in [5.74, 6) is 6.08. The van der Waals surface area contributed by atoms with E-state index in [0.717, 1.165) is 16.3 Å². The second kappa shape index (κ2) is 7.56. The molecule has 0 fully saturated rings. The minimum absolute atomic E-state index is 0.270. The third-order valence-corrected chi connectivity index (χ3v) is 1.77. The highest BCUT2D eigenvalue weighted by atomic mass is 32.2. The van der Waals surface area contributed by atoms with Gasteiger partial charge in [-0.25, -0.2) is 10.6 Å². The highest BCUT2D eigenvalue weighted by molar-refractivity contribution is 7.85. The smallest absolute Gasteiger partial charge is 0.329 e. The van der Waals surface area contributed by atoms with Crippen LogP contribution in [0, 0.1) is 0 Å². The maximum atomic E-state index is 10.7. The maximum Gasteiger partial charge on any atom is 0.329 e. The van der Waals surface area contributed by atoms with Gasteiger partial charge < -0.3 is 10.5 Å². The number of amides is 2. The molecular weight excluding hydrogens is 274 g/mol. The van der Waals surface area contributed by atoms with E-state index < -0.39 is 16.1 Å². The van der Waals surface area contributed by atoms with Gasteiger partial charge in [-0.15, -0.1) is 0 Å². The molecule has 1 aromatic carbocycles. The van der Waals surface area contributed by atoms with Gasteiger partial charge in [-0.3, -0.25) is 9.56 Å². The average molecular weight is 291 g/mol. The molecule has 5 N–H and O–H groups in total. The van der Waals surface area contributed by atoms with Gasteiger partial charge in [0, 0.05) is 0 Å². The van der Waals surface area contributed by atoms with Crippen LogP contribution < -0.4 is 16.3 Å². The molecule has 19 heavy (non-hydrogen) atoms. The van der Waals surface area contributed by atoms with Gasteiger partial charge in [-0.1, -0.05) is 12.1 Å². The Hall–Kier alpha value is -1.84. The molecule has 9 heteroatoms. The number of primary amides is 1. The number of hydrogen-bond acceptors (Lipinski definition) is 5. The second-order valence-electron chi connectivity index (χ2n) is 3.55. The van der Waals surface area contributed by atoms with E-state index >= 15 is 0 Å². The third-order valence-electron chi connectivity index (χ3n) is 1.77. The molecule has 0 aliphatic heterocycles. The number of rotatable bonds is 3. The molecule has 1 aromatic rings. The van der Waals surface area contributed by atoms with Crippen molar-refractivity contribution in [2.75, 3.05) is 13.4 Å². The number of ether oxygens (including phenoxy) is 1. The molecule has 0 saturated heterocycles. The zero-order valence-corrected chi connectivity index (χ0v) is 11.4. The number of urea groups is 1. The Morgan fingerprint density at radius 1 is 1.47 bits per heavy atom. The van der Waals surface area contributed by atoms with E-state index in [4.69, 9.17) is 20.9 Å². The van der Waals surface area contributed by atoms with Crippen LogP contribution in [0.1, 0.15) is 5.56 Å². The van der Waals surface area contributed by atoms with Gasteiger partial charge in [0.1, 0.15) is 5.75 Å². The molecule has 0 atom stereocenters. The number of hydrazine groups is 1. The molecule has 0 saturated carbocycles. The Morgan fingerprint density at radius 3 is 2.42 bits per heavy atom. The van der Waals surface area contributed by atoms with Crippen molar-refractivity contribution < 1.29 is 22.5 Å². The minimum atomic E-state index is -3.67. The molecule has 0 unspecified atom stereocenters. The summed E-state index contributed by atoms with van der Waals surface area (Å²) in [5, 5.41) is 0.939. The normalized spacial score (nSPS) is 10.1. The molecule has 1 rings (SSSR count). The Balaban J connectivity index is 0.000000555. The predicted molar refractivity (Wildman–Crippen MR) is 69.8 cm³/mol. The summed E-state index contributed by atoms with van der Waals surface area (Å²) < 4.78 is 30.9. The monoisotopic (exact) mass is 291 g/mol. The number of benzene rings is 1. The SMILES string of the molecule is COc1cccc(CN(N)C(N)=O)c1.CS(=O)(=O)O. The summed E-state index contributed by atoms with van der Waals surface area (Å²) in [4.78, 5) is 10.7. The van der Waals surface area contributed by atoms with Gasteiger partial charge in [-0.05, 0) is 17.7 Å². The molecular formula is C10H17N3O5S. The van der Waals surface area contributed by atoms with Gasteiger partial charge in [0.15, 0.2) is 0 Å². The van der Waals surface area contributed by atoms with Crippen LogP contribution in [0.2, 0.25) is 0 Å². The van der Waals surface area contributed by atoms with Crippen molar-refractivity contribution in [3.05, 3.63) is 29.8 Å². The van der Waals surface area contributed by atoms with Gasteiger partial charge >= 0.3 is 6.03 Å². The number of methoxy groups -OCH3 is 1. The van der Waals surface area contributed by atoms with Crippen LogP contribution in [0.15, 0.2) is 24.3 Å². The predicted octanol–water partition coefficient (Wildman–Crippen LogP) is -0.0464. The number of nitrogens with two attached hydrogens (primary N) is 2. The molecule has 108 valence electrons. The van der Waals surface area contributed by atoms with Crippen molar-refractivity contribution in [3.8, 4) is 5.75 Å². The molecule has 0 spiro atoms. The number of carbonyl (C=O) groups is 1. The van der Waals surface area contributed by atoms with Crippen LogP contribution in [0.4, 0.5) is 4.79 Å². The zero-order valence-electron chi connectivity index (χ0n) is 10.6. The van der Waals surface area contributed by atoms with Crippen molar-refractivity contribution in [1.82, 2.24) is 5.01 Å². The van der Waals surface area contributed by atoms with Crippen molar-refractivity contribution in [1.29, 1.82) is 0 Å². The molecule has 0 aromatic heterocycles. The fraction of sp³-hybridized carbons (Fsp3) is 0.300. The largest absolute Gasteiger partial charge is 0.497 e. The molecule has 0 aliphatic carbocycles. The lowest BCUT2D eigenvalue weighted by atomic mass is 10.2. The average Bonchev–Trinajstić information content (AvgIpc) is 2.27. The molecule has 0 aliphatic rings. The molecule has 2 amide bonds. The van der Waals surface area contributed by atoms with Crippen molar-refractivity contribution in [2.24, 2.45) is 11.6 Å². The van der Waals surface area contributed by atoms with E-state index in [9.17, 15) is 13.2 Å². The Morgan fingerprint density at radius 2 is 2.00 bits per heavy atom. The fourth-order valence-electron chi connectivity index (χ4n) is 1.05. The Kier molecular flexibility index (Phi) is 6.83. The first-order chi connectivity index (χ1) is 8.63. The van der Waals surface area contributed by atoms with Crippen LogP contribution in [0.5, 0.6) is 5.75 Å². The summed E-state index contributed by atoms with van der Waals surface area (Å²) >= 11 is 0. The summed E-state index contributed by atoms with van der Waals surface area (Å²) in [6, 6.07) is 6.61. The second-order valence-corrected chi connectivity index (χ2v) is 5.02. The van der Waals surface area contributed by atoms with Crippen LogP contribution in [0.25, 0.3) is 0 Å². The molecule has 0 heterocycles. The fourth-order valence-corrected chi connectivity index (χ4v) is 1.05. The lowest BCUT2D eigenvalue weighted by Crippen LogP contribution is -2.40. The maximum absolute atomic E-state index is 10.7. The van der Waals surface area contributed by atoms with Crippen LogP contribution in [-0.2, 0) is 16.7 Å². The standard InChI is InChI=1S/C9H13N3O2.CH4O3S/c1-14-8-4-2-3-7(5-8)6-12(11)9(10)13;1-5(2,3)4/h2-5H,6,11H2,1H3,(H2,10,13);1H3,(H,2,3,4). The number of carbonyl (C=O) groups excluding carboxylic acids is 1. The molecule has 0 bridgehead atoms. The molecule has 8 nitrogen and oxygen atoms in total. The van der Waals surface area contributed by atoms with Crippen LogP contribution in [0.3, 0.4) is 0 Å². The number of hydrogen-bond donors (Lipinski definition) is 3. The summed E-state index contributed by atoms with van der Waals surface area (Å²) in [6.07, 6.45) is 0.715. The summed E-state index contributed by atoms with van der Waals surface area (Å²) in [5.41, 5.74) is 5.85. The third kappa shape index (κ3) is 9.83. The Labute approximate surface area is 111 Å². The van der Waals surface area contributed by atoms with Crippen LogP contribution in [-0.4, -0.2) is 37.4 Å². The Bertz CT molecular complexity index is 510.